The van der Waals surface area contributed by atoms with Crippen molar-refractivity contribution in [2.45, 2.75) is 25.0 Å². The van der Waals surface area contributed by atoms with Crippen LogP contribution in [0, 0.1) is 0 Å². The molecule has 3 aromatic rings. The second-order valence-electron chi connectivity index (χ2n) is 7.28. The Bertz CT molecular complexity index is 1000. The fourth-order valence-electron chi connectivity index (χ4n) is 3.39. The van der Waals surface area contributed by atoms with Crippen LogP contribution < -0.4 is 15.4 Å². The van der Waals surface area contributed by atoms with E-state index < -0.39 is 6.10 Å². The van der Waals surface area contributed by atoms with E-state index in [0.29, 0.717) is 23.7 Å². The van der Waals surface area contributed by atoms with Gasteiger partial charge in [0.05, 0.1) is 0 Å². The first-order valence-corrected chi connectivity index (χ1v) is 10.3. The Hall–Kier alpha value is -3.64. The van der Waals surface area contributed by atoms with E-state index >= 15 is 0 Å². The summed E-state index contributed by atoms with van der Waals surface area (Å²) in [5, 5.41) is 5.74. The number of amides is 2. The molecule has 158 valence electrons. The topological polar surface area (TPSA) is 76.7 Å². The molecular weight excluding hydrogens is 392 g/mol. The van der Waals surface area contributed by atoms with Gasteiger partial charge in [-0.25, -0.2) is 0 Å². The number of nitrogens with one attached hydrogen (secondary N) is 2. The smallest absolute Gasteiger partial charge is 0.270 e. The summed E-state index contributed by atoms with van der Waals surface area (Å²) >= 11 is 0. The van der Waals surface area contributed by atoms with E-state index in [0.717, 1.165) is 18.4 Å². The molecule has 2 amide bonds. The predicted octanol–water partition coefficient (Wildman–Crippen LogP) is 4.56. The van der Waals surface area contributed by atoms with Crippen LogP contribution in [0.3, 0.4) is 0 Å². The molecule has 0 saturated carbocycles. The number of anilines is 2. The van der Waals surface area contributed by atoms with Gasteiger partial charge >= 0.3 is 0 Å². The number of carbonyl (C=O) groups excluding carboxylic acids is 2. The third-order valence-corrected chi connectivity index (χ3v) is 4.98. The Kier molecular flexibility index (Phi) is 6.59. The molecule has 0 aromatic heterocycles. The van der Waals surface area contributed by atoms with Crippen LogP contribution in [0.15, 0.2) is 84.9 Å². The maximum atomic E-state index is 13.0. The molecular formula is C25H24N2O4. The van der Waals surface area contributed by atoms with E-state index in [4.69, 9.17) is 9.47 Å². The molecule has 2 atom stereocenters. The summed E-state index contributed by atoms with van der Waals surface area (Å²) in [5.41, 5.74) is 2.01. The number of benzene rings is 3. The molecule has 0 unspecified atom stereocenters. The highest BCUT2D eigenvalue weighted by atomic mass is 16.5. The third-order valence-electron chi connectivity index (χ3n) is 4.98. The van der Waals surface area contributed by atoms with E-state index in [9.17, 15) is 9.59 Å². The first-order valence-electron chi connectivity index (χ1n) is 10.3. The molecule has 31 heavy (non-hydrogen) atoms. The molecule has 6 nitrogen and oxygen atoms in total. The molecule has 4 rings (SSSR count). The van der Waals surface area contributed by atoms with Crippen molar-refractivity contribution in [3.63, 3.8) is 0 Å². The number of para-hydroxylation sites is 1. The number of rotatable bonds is 7. The molecule has 6 heteroatoms. The highest BCUT2D eigenvalue weighted by molar-refractivity contribution is 5.96. The van der Waals surface area contributed by atoms with Gasteiger partial charge in [0.1, 0.15) is 11.9 Å². The second-order valence-corrected chi connectivity index (χ2v) is 7.28. The van der Waals surface area contributed by atoms with Crippen LogP contribution >= 0.6 is 0 Å². The molecule has 1 fully saturated rings. The summed E-state index contributed by atoms with van der Waals surface area (Å²) < 4.78 is 11.4. The minimum Gasteiger partial charge on any atom is -0.476 e. The highest BCUT2D eigenvalue weighted by Gasteiger charge is 2.24. The van der Waals surface area contributed by atoms with Gasteiger partial charge in [0, 0.05) is 23.5 Å². The number of ether oxygens (including phenoxy) is 2. The quantitative estimate of drug-likeness (QED) is 0.592. The fourth-order valence-corrected chi connectivity index (χ4v) is 3.39. The molecule has 0 aliphatic carbocycles. The van der Waals surface area contributed by atoms with Crippen molar-refractivity contribution in [3.05, 3.63) is 90.5 Å². The Morgan fingerprint density at radius 2 is 1.45 bits per heavy atom. The average Bonchev–Trinajstić information content (AvgIpc) is 3.35. The first kappa shape index (κ1) is 20.6. The normalized spacial score (nSPS) is 16.3. The largest absolute Gasteiger partial charge is 0.476 e. The zero-order valence-electron chi connectivity index (χ0n) is 17.0. The lowest BCUT2D eigenvalue weighted by atomic mass is 10.1. The van der Waals surface area contributed by atoms with E-state index in [1.807, 2.05) is 60.7 Å². The number of hydrogen-bond donors (Lipinski definition) is 2. The minimum atomic E-state index is -0.803. The van der Waals surface area contributed by atoms with Crippen molar-refractivity contribution in [2.24, 2.45) is 0 Å². The van der Waals surface area contributed by atoms with Crippen LogP contribution in [0.5, 0.6) is 5.75 Å². The van der Waals surface area contributed by atoms with E-state index in [-0.39, 0.29) is 17.9 Å². The lowest BCUT2D eigenvalue weighted by Crippen LogP contribution is -2.27. The van der Waals surface area contributed by atoms with Crippen LogP contribution in [-0.4, -0.2) is 24.5 Å². The lowest BCUT2D eigenvalue weighted by molar-refractivity contribution is -0.124. The van der Waals surface area contributed by atoms with E-state index in [1.54, 1.807) is 24.3 Å². The first-order chi connectivity index (χ1) is 15.2. The Labute approximate surface area is 181 Å². The monoisotopic (exact) mass is 416 g/mol. The summed E-state index contributed by atoms with van der Waals surface area (Å²) in [7, 11) is 0. The number of carbonyl (C=O) groups is 2. The van der Waals surface area contributed by atoms with E-state index in [1.165, 1.54) is 0 Å². The maximum Gasteiger partial charge on any atom is 0.270 e. The van der Waals surface area contributed by atoms with Gasteiger partial charge < -0.3 is 20.1 Å². The zero-order valence-corrected chi connectivity index (χ0v) is 17.0. The molecule has 0 spiro atoms. The average molecular weight is 416 g/mol. The van der Waals surface area contributed by atoms with Crippen LogP contribution in [0.1, 0.15) is 24.5 Å². The highest BCUT2D eigenvalue weighted by Crippen LogP contribution is 2.24. The Morgan fingerprint density at radius 1 is 0.839 bits per heavy atom. The molecule has 0 radical (unpaired) electrons. The van der Waals surface area contributed by atoms with Crippen molar-refractivity contribution in [3.8, 4) is 5.75 Å². The van der Waals surface area contributed by atoms with Crippen LogP contribution in [0.2, 0.25) is 0 Å². The van der Waals surface area contributed by atoms with Crippen molar-refractivity contribution < 1.29 is 19.1 Å². The predicted molar refractivity (Wildman–Crippen MR) is 119 cm³/mol. The third kappa shape index (κ3) is 5.49. The van der Waals surface area contributed by atoms with Crippen molar-refractivity contribution in [1.82, 2.24) is 0 Å². The minimum absolute atomic E-state index is 0.144. The van der Waals surface area contributed by atoms with Gasteiger partial charge in [0.2, 0.25) is 6.10 Å². The van der Waals surface area contributed by atoms with Crippen molar-refractivity contribution in [1.29, 1.82) is 0 Å². The Morgan fingerprint density at radius 3 is 2.06 bits per heavy atom. The maximum absolute atomic E-state index is 13.0. The fraction of sp³-hybridized carbons (Fsp3) is 0.200. The summed E-state index contributed by atoms with van der Waals surface area (Å²) in [4.78, 5) is 25.2. The SMILES string of the molecule is O=C(Nc1ccc(NC(=O)[C@H](Oc2ccccc2)c2ccccc2)cc1)[C@H]1CCCO1. The molecule has 1 heterocycles. The van der Waals surface area contributed by atoms with Gasteiger partial charge in [-0.1, -0.05) is 48.5 Å². The van der Waals surface area contributed by atoms with Gasteiger partial charge in [-0.3, -0.25) is 9.59 Å². The van der Waals surface area contributed by atoms with E-state index in [2.05, 4.69) is 10.6 Å². The molecule has 1 aliphatic rings. The molecule has 3 aromatic carbocycles. The van der Waals surface area contributed by atoms with Gasteiger partial charge in [0.15, 0.2) is 0 Å². The zero-order chi connectivity index (χ0) is 21.5. The van der Waals surface area contributed by atoms with Crippen molar-refractivity contribution >= 4 is 23.2 Å². The lowest BCUT2D eigenvalue weighted by Gasteiger charge is -2.19. The summed E-state index contributed by atoms with van der Waals surface area (Å²) in [5.74, 6) is 0.180. The van der Waals surface area contributed by atoms with Gasteiger partial charge in [0.25, 0.3) is 11.8 Å². The van der Waals surface area contributed by atoms with Gasteiger partial charge in [-0.2, -0.15) is 0 Å². The molecule has 2 N–H and O–H groups in total. The molecule has 0 bridgehead atoms. The van der Waals surface area contributed by atoms with Crippen molar-refractivity contribution in [2.75, 3.05) is 17.2 Å². The molecule has 1 aliphatic heterocycles. The summed E-state index contributed by atoms with van der Waals surface area (Å²) in [6.45, 7) is 0.622. The number of hydrogen-bond acceptors (Lipinski definition) is 4. The second kappa shape index (κ2) is 9.91. The summed E-state index contributed by atoms with van der Waals surface area (Å²) in [6.07, 6.45) is 0.447. The summed E-state index contributed by atoms with van der Waals surface area (Å²) in [6, 6.07) is 25.6. The molecule has 1 saturated heterocycles. The van der Waals surface area contributed by atoms with Gasteiger partial charge in [-0.15, -0.1) is 0 Å². The standard InChI is InChI=1S/C25H24N2O4/c28-24(22-12-7-17-30-22)26-19-13-15-20(16-14-19)27-25(29)23(18-8-3-1-4-9-18)31-21-10-5-2-6-11-21/h1-6,8-11,13-16,22-23H,7,12,17H2,(H,26,28)(H,27,29)/t22-,23-/m1/s1. The van der Waals surface area contributed by atoms with Crippen LogP contribution in [-0.2, 0) is 14.3 Å². The van der Waals surface area contributed by atoms with Crippen LogP contribution in [0.25, 0.3) is 0 Å². The Balaban J connectivity index is 1.43. The van der Waals surface area contributed by atoms with Crippen LogP contribution in [0.4, 0.5) is 11.4 Å². The van der Waals surface area contributed by atoms with Gasteiger partial charge in [-0.05, 0) is 49.2 Å².